The lowest BCUT2D eigenvalue weighted by Gasteiger charge is -2.17. The van der Waals surface area contributed by atoms with Crippen LogP contribution in [0.25, 0.3) is 11.5 Å². The average molecular weight is 385 g/mol. The number of rotatable bonds is 4. The summed E-state index contributed by atoms with van der Waals surface area (Å²) in [6.45, 7) is 0. The molecular formula is C20H21ClN4O2. The molecule has 1 aromatic heterocycles. The van der Waals surface area contributed by atoms with Crippen LogP contribution in [0.4, 0.5) is 5.69 Å². The molecular weight excluding hydrogens is 364 g/mol. The smallest absolute Gasteiger partial charge is 0.257 e. The maximum Gasteiger partial charge on any atom is 0.257 e. The lowest BCUT2D eigenvalue weighted by Crippen LogP contribution is -2.34. The number of nitrogens with two attached hydrogens (primary N) is 1. The summed E-state index contributed by atoms with van der Waals surface area (Å²) in [4.78, 5) is 16.7. The molecule has 0 unspecified atom stereocenters. The number of nitrogens with zero attached hydrogens (tertiary/aromatic N) is 2. The van der Waals surface area contributed by atoms with Crippen molar-refractivity contribution in [3.05, 3.63) is 66.0 Å². The molecule has 4 rings (SSSR count). The predicted octanol–water partition coefficient (Wildman–Crippen LogP) is 4.14. The number of aromatic nitrogens is 2. The first-order chi connectivity index (χ1) is 12.6. The van der Waals surface area contributed by atoms with Gasteiger partial charge in [0.25, 0.3) is 11.8 Å². The molecule has 3 aromatic rings. The minimum absolute atomic E-state index is 0. The van der Waals surface area contributed by atoms with Gasteiger partial charge in [-0.15, -0.1) is 12.4 Å². The maximum atomic E-state index is 12.2. The summed E-state index contributed by atoms with van der Waals surface area (Å²) in [5.41, 5.74) is 8.02. The van der Waals surface area contributed by atoms with Crippen molar-refractivity contribution < 1.29 is 9.32 Å². The molecule has 1 fully saturated rings. The van der Waals surface area contributed by atoms with Crippen molar-refractivity contribution in [2.24, 2.45) is 5.73 Å². The fraction of sp³-hybridized carbons (Fsp3) is 0.250. The zero-order valence-electron chi connectivity index (χ0n) is 14.7. The highest BCUT2D eigenvalue weighted by molar-refractivity contribution is 6.04. The normalized spacial score (nSPS) is 15.1. The number of nitrogens with one attached hydrogen (secondary N) is 1. The summed E-state index contributed by atoms with van der Waals surface area (Å²) in [5, 5.41) is 6.94. The van der Waals surface area contributed by atoms with Crippen LogP contribution in [0.1, 0.15) is 41.9 Å². The van der Waals surface area contributed by atoms with E-state index in [0.717, 1.165) is 31.2 Å². The van der Waals surface area contributed by atoms with Crippen LogP contribution in [-0.2, 0) is 5.54 Å². The Morgan fingerprint density at radius 3 is 2.37 bits per heavy atom. The number of carbonyl (C=O) groups excluding carboxylic acids is 1. The zero-order chi connectivity index (χ0) is 18.0. The first-order valence-electron chi connectivity index (χ1n) is 8.74. The fourth-order valence-electron chi connectivity index (χ4n) is 3.26. The van der Waals surface area contributed by atoms with E-state index in [1.807, 2.05) is 42.5 Å². The number of benzene rings is 2. The molecule has 0 atom stereocenters. The van der Waals surface area contributed by atoms with Gasteiger partial charge in [0, 0.05) is 16.8 Å². The molecule has 0 radical (unpaired) electrons. The molecule has 0 bridgehead atoms. The Morgan fingerprint density at radius 2 is 1.70 bits per heavy atom. The van der Waals surface area contributed by atoms with Crippen LogP contribution in [0.5, 0.6) is 0 Å². The third kappa shape index (κ3) is 4.02. The topological polar surface area (TPSA) is 94.0 Å². The number of carbonyl (C=O) groups is 1. The third-order valence-electron chi connectivity index (χ3n) is 4.79. The second kappa shape index (κ2) is 7.90. The Kier molecular flexibility index (Phi) is 5.58. The number of amides is 1. The van der Waals surface area contributed by atoms with E-state index in [9.17, 15) is 4.79 Å². The maximum absolute atomic E-state index is 12.2. The zero-order valence-corrected chi connectivity index (χ0v) is 15.5. The Labute approximate surface area is 163 Å². The van der Waals surface area contributed by atoms with Crippen LogP contribution in [0.3, 0.4) is 0 Å². The summed E-state index contributed by atoms with van der Waals surface area (Å²) in [7, 11) is 0. The first-order valence-corrected chi connectivity index (χ1v) is 8.74. The average Bonchev–Trinajstić information content (AvgIpc) is 3.33. The van der Waals surface area contributed by atoms with Crippen LogP contribution in [0, 0.1) is 0 Å². The minimum Gasteiger partial charge on any atom is -0.334 e. The van der Waals surface area contributed by atoms with Crippen LogP contribution in [-0.4, -0.2) is 16.0 Å². The highest BCUT2D eigenvalue weighted by Gasteiger charge is 2.36. The lowest BCUT2D eigenvalue weighted by atomic mass is 9.99. The van der Waals surface area contributed by atoms with Gasteiger partial charge in [-0.05, 0) is 49.2 Å². The Bertz CT molecular complexity index is 903. The van der Waals surface area contributed by atoms with Gasteiger partial charge in [0.1, 0.15) is 0 Å². The molecule has 1 saturated carbocycles. The van der Waals surface area contributed by atoms with Gasteiger partial charge < -0.3 is 15.6 Å². The third-order valence-corrected chi connectivity index (χ3v) is 4.79. The van der Waals surface area contributed by atoms with Gasteiger partial charge >= 0.3 is 0 Å². The molecule has 0 aliphatic heterocycles. The molecule has 140 valence electrons. The fourth-order valence-corrected chi connectivity index (χ4v) is 3.26. The van der Waals surface area contributed by atoms with Crippen LogP contribution >= 0.6 is 12.4 Å². The van der Waals surface area contributed by atoms with Gasteiger partial charge in [-0.1, -0.05) is 36.2 Å². The lowest BCUT2D eigenvalue weighted by molar-refractivity contribution is 0.102. The number of hydrogen-bond acceptors (Lipinski definition) is 5. The molecule has 27 heavy (non-hydrogen) atoms. The monoisotopic (exact) mass is 384 g/mol. The highest BCUT2D eigenvalue weighted by atomic mass is 35.5. The van der Waals surface area contributed by atoms with Crippen molar-refractivity contribution in [1.29, 1.82) is 0 Å². The van der Waals surface area contributed by atoms with Crippen molar-refractivity contribution in [2.45, 2.75) is 31.2 Å². The largest absolute Gasteiger partial charge is 0.334 e. The van der Waals surface area contributed by atoms with Crippen molar-refractivity contribution in [3.63, 3.8) is 0 Å². The molecule has 1 amide bonds. The molecule has 3 N–H and O–H groups in total. The van der Waals surface area contributed by atoms with Gasteiger partial charge in [0.15, 0.2) is 5.82 Å². The second-order valence-electron chi connectivity index (χ2n) is 6.68. The van der Waals surface area contributed by atoms with Crippen molar-refractivity contribution >= 4 is 24.0 Å². The summed E-state index contributed by atoms with van der Waals surface area (Å²) in [5.74, 6) is 0.869. The minimum atomic E-state index is -0.467. The van der Waals surface area contributed by atoms with Crippen molar-refractivity contribution in [3.8, 4) is 11.5 Å². The Balaban J connectivity index is 0.00000210. The van der Waals surface area contributed by atoms with E-state index in [2.05, 4.69) is 15.5 Å². The number of anilines is 1. The van der Waals surface area contributed by atoms with Gasteiger partial charge in [-0.3, -0.25) is 4.79 Å². The molecule has 2 aromatic carbocycles. The molecule has 0 saturated heterocycles. The first kappa shape index (κ1) is 19.1. The summed E-state index contributed by atoms with van der Waals surface area (Å²) >= 11 is 0. The van der Waals surface area contributed by atoms with E-state index >= 15 is 0 Å². The van der Waals surface area contributed by atoms with Crippen molar-refractivity contribution in [1.82, 2.24) is 10.1 Å². The van der Waals surface area contributed by atoms with E-state index in [0.29, 0.717) is 23.0 Å². The molecule has 1 aliphatic rings. The highest BCUT2D eigenvalue weighted by Crippen LogP contribution is 2.35. The van der Waals surface area contributed by atoms with Gasteiger partial charge in [0.05, 0.1) is 5.54 Å². The van der Waals surface area contributed by atoms with E-state index in [1.165, 1.54) is 0 Å². The predicted molar refractivity (Wildman–Crippen MR) is 106 cm³/mol. The Hall–Kier alpha value is -2.70. The Morgan fingerprint density at radius 1 is 1.04 bits per heavy atom. The van der Waals surface area contributed by atoms with E-state index in [4.69, 9.17) is 10.3 Å². The molecule has 1 aliphatic carbocycles. The van der Waals surface area contributed by atoms with Crippen LogP contribution < -0.4 is 11.1 Å². The summed E-state index contributed by atoms with van der Waals surface area (Å²) in [6, 6.07) is 16.4. The number of halogens is 1. The van der Waals surface area contributed by atoms with E-state index in [1.54, 1.807) is 12.1 Å². The molecule has 0 spiro atoms. The summed E-state index contributed by atoms with van der Waals surface area (Å²) in [6.07, 6.45) is 3.96. The van der Waals surface area contributed by atoms with Crippen LogP contribution in [0.2, 0.25) is 0 Å². The second-order valence-corrected chi connectivity index (χ2v) is 6.68. The van der Waals surface area contributed by atoms with Gasteiger partial charge in [0.2, 0.25) is 0 Å². The quantitative estimate of drug-likeness (QED) is 0.705. The standard InChI is InChI=1S/C20H20N4O2.ClH/c21-20(12-4-5-13-20)19-23-18(26-24-19)15-8-10-16(11-9-15)22-17(25)14-6-2-1-3-7-14;/h1-3,6-11H,4-5,12-13,21H2,(H,22,25);1H. The molecule has 7 heteroatoms. The molecule has 1 heterocycles. The van der Waals surface area contributed by atoms with E-state index < -0.39 is 5.54 Å². The van der Waals surface area contributed by atoms with Gasteiger partial charge in [-0.25, -0.2) is 0 Å². The number of hydrogen-bond donors (Lipinski definition) is 2. The molecule has 6 nitrogen and oxygen atoms in total. The van der Waals surface area contributed by atoms with Gasteiger partial charge in [-0.2, -0.15) is 4.98 Å². The summed E-state index contributed by atoms with van der Waals surface area (Å²) < 4.78 is 5.39. The van der Waals surface area contributed by atoms with Crippen LogP contribution in [0.15, 0.2) is 59.1 Å². The van der Waals surface area contributed by atoms with E-state index in [-0.39, 0.29) is 18.3 Å². The SMILES string of the molecule is Cl.NC1(c2noc(-c3ccc(NC(=O)c4ccccc4)cc3)n2)CCCC1. The van der Waals surface area contributed by atoms with Crippen molar-refractivity contribution in [2.75, 3.05) is 5.32 Å².